The van der Waals surface area contributed by atoms with E-state index in [0.29, 0.717) is 11.5 Å². The molecular weight excluding hydrogens is 202 g/mol. The van der Waals surface area contributed by atoms with Crippen LogP contribution >= 0.6 is 0 Å². The highest BCUT2D eigenvalue weighted by Gasteiger charge is 2.63. The second-order valence-electron chi connectivity index (χ2n) is 6.05. The summed E-state index contributed by atoms with van der Waals surface area (Å²) in [6.07, 6.45) is 2.23. The molecular formula is C12H21N3O. The number of hydrogen-bond acceptors (Lipinski definition) is 3. The van der Waals surface area contributed by atoms with Crippen molar-refractivity contribution in [1.82, 2.24) is 15.5 Å². The molecule has 0 aliphatic carbocycles. The predicted octanol–water partition coefficient (Wildman–Crippen LogP) is -0.0512. The van der Waals surface area contributed by atoms with Crippen LogP contribution in [0.25, 0.3) is 0 Å². The number of likely N-dealkylation sites (tertiary alicyclic amines) is 1. The highest BCUT2D eigenvalue weighted by Crippen LogP contribution is 2.46. The Balaban J connectivity index is 1.87. The second-order valence-corrected chi connectivity index (χ2v) is 6.05. The maximum Gasteiger partial charge on any atom is 0.242 e. The summed E-state index contributed by atoms with van der Waals surface area (Å²) in [5.41, 5.74) is 0.147. The van der Waals surface area contributed by atoms with Gasteiger partial charge < -0.3 is 10.6 Å². The van der Waals surface area contributed by atoms with Gasteiger partial charge >= 0.3 is 0 Å². The van der Waals surface area contributed by atoms with Crippen molar-refractivity contribution >= 4 is 5.91 Å². The summed E-state index contributed by atoms with van der Waals surface area (Å²) in [5, 5.41) is 6.30. The first-order valence-corrected chi connectivity index (χ1v) is 6.36. The molecule has 4 nitrogen and oxygen atoms in total. The number of carbonyl (C=O) groups is 1. The van der Waals surface area contributed by atoms with Gasteiger partial charge in [-0.3, -0.25) is 9.69 Å². The summed E-state index contributed by atoms with van der Waals surface area (Å²) in [6.45, 7) is 8.52. The van der Waals surface area contributed by atoms with Gasteiger partial charge in [0.25, 0.3) is 0 Å². The van der Waals surface area contributed by atoms with Crippen molar-refractivity contribution in [3.63, 3.8) is 0 Å². The van der Waals surface area contributed by atoms with Crippen LogP contribution in [0, 0.1) is 5.92 Å². The van der Waals surface area contributed by atoms with Crippen molar-refractivity contribution in [1.29, 1.82) is 0 Å². The van der Waals surface area contributed by atoms with Crippen LogP contribution in [0.4, 0.5) is 0 Å². The van der Waals surface area contributed by atoms with Gasteiger partial charge in [-0.05, 0) is 18.8 Å². The molecule has 16 heavy (non-hydrogen) atoms. The lowest BCUT2D eigenvalue weighted by molar-refractivity contribution is -0.146. The third kappa shape index (κ3) is 1.14. The summed E-state index contributed by atoms with van der Waals surface area (Å²) < 4.78 is 0. The molecule has 2 N–H and O–H groups in total. The minimum atomic E-state index is -0.146. The van der Waals surface area contributed by atoms with Crippen molar-refractivity contribution in [2.45, 2.75) is 37.8 Å². The van der Waals surface area contributed by atoms with Crippen molar-refractivity contribution in [3.05, 3.63) is 0 Å². The molecule has 0 bridgehead atoms. The fraction of sp³-hybridized carbons (Fsp3) is 0.917. The normalized spacial score (nSPS) is 36.6. The number of β-lactam (4-membered cyclic amide) rings is 1. The maximum absolute atomic E-state index is 11.9. The van der Waals surface area contributed by atoms with Gasteiger partial charge in [0.15, 0.2) is 0 Å². The van der Waals surface area contributed by atoms with Gasteiger partial charge in [-0.1, -0.05) is 13.8 Å². The van der Waals surface area contributed by atoms with E-state index in [0.717, 1.165) is 32.6 Å². The molecule has 3 fully saturated rings. The smallest absolute Gasteiger partial charge is 0.242 e. The lowest BCUT2D eigenvalue weighted by atomic mass is 9.87. The average Bonchev–Trinajstić information content (AvgIpc) is 2.52. The van der Waals surface area contributed by atoms with Crippen LogP contribution in [0.5, 0.6) is 0 Å². The lowest BCUT2D eigenvalue weighted by Crippen LogP contribution is -2.78. The number of nitrogens with one attached hydrogen (secondary N) is 2. The zero-order valence-corrected chi connectivity index (χ0v) is 10.2. The first-order valence-electron chi connectivity index (χ1n) is 6.36. The molecule has 2 spiro atoms. The zero-order chi connectivity index (χ0) is 11.4. The third-order valence-corrected chi connectivity index (χ3v) is 4.51. The Morgan fingerprint density at radius 1 is 1.31 bits per heavy atom. The highest BCUT2D eigenvalue weighted by atomic mass is 16.2. The van der Waals surface area contributed by atoms with Crippen molar-refractivity contribution in [2.24, 2.45) is 5.92 Å². The molecule has 0 saturated carbocycles. The Hall–Kier alpha value is -0.610. The van der Waals surface area contributed by atoms with Crippen LogP contribution in [0.1, 0.15) is 26.7 Å². The molecule has 1 unspecified atom stereocenters. The molecule has 3 aliphatic heterocycles. The Morgan fingerprint density at radius 2 is 2.06 bits per heavy atom. The lowest BCUT2D eigenvalue weighted by Gasteiger charge is -2.54. The summed E-state index contributed by atoms with van der Waals surface area (Å²) >= 11 is 0. The average molecular weight is 223 g/mol. The first kappa shape index (κ1) is 10.5. The third-order valence-electron chi connectivity index (χ3n) is 4.51. The molecule has 0 aromatic heterocycles. The molecule has 0 aromatic rings. The van der Waals surface area contributed by atoms with Gasteiger partial charge in [-0.2, -0.15) is 0 Å². The fourth-order valence-electron chi connectivity index (χ4n) is 3.46. The van der Waals surface area contributed by atoms with Crippen molar-refractivity contribution in [3.8, 4) is 0 Å². The van der Waals surface area contributed by atoms with Gasteiger partial charge in [-0.15, -0.1) is 0 Å². The van der Waals surface area contributed by atoms with E-state index in [1.165, 1.54) is 6.42 Å². The molecule has 3 heterocycles. The predicted molar refractivity (Wildman–Crippen MR) is 62.1 cm³/mol. The minimum Gasteiger partial charge on any atom is -0.352 e. The number of hydrogen-bond donors (Lipinski definition) is 2. The molecule has 1 atom stereocenters. The minimum absolute atomic E-state index is 0.146. The molecule has 3 saturated heterocycles. The summed E-state index contributed by atoms with van der Waals surface area (Å²) in [7, 11) is 0. The first-order chi connectivity index (χ1) is 7.59. The second kappa shape index (κ2) is 3.20. The van der Waals surface area contributed by atoms with Crippen LogP contribution in [-0.2, 0) is 4.79 Å². The summed E-state index contributed by atoms with van der Waals surface area (Å²) in [5.74, 6) is 0.887. The topological polar surface area (TPSA) is 44.4 Å². The molecule has 90 valence electrons. The van der Waals surface area contributed by atoms with E-state index in [1.54, 1.807) is 0 Å². The van der Waals surface area contributed by atoms with Gasteiger partial charge in [0, 0.05) is 31.7 Å². The van der Waals surface area contributed by atoms with Crippen molar-refractivity contribution in [2.75, 3.05) is 26.2 Å². The number of rotatable bonds is 2. The molecule has 4 heteroatoms. The highest BCUT2D eigenvalue weighted by molar-refractivity contribution is 5.93. The largest absolute Gasteiger partial charge is 0.352 e. The van der Waals surface area contributed by atoms with Crippen LogP contribution in [0.3, 0.4) is 0 Å². The SMILES string of the molecule is CC(C)CN1C2(CCC13CNC3=O)CNC2. The van der Waals surface area contributed by atoms with Crippen LogP contribution in [0.15, 0.2) is 0 Å². The van der Waals surface area contributed by atoms with E-state index in [1.807, 2.05) is 0 Å². The van der Waals surface area contributed by atoms with Gasteiger partial charge in [0.2, 0.25) is 5.91 Å². The fourth-order valence-corrected chi connectivity index (χ4v) is 3.46. The Kier molecular flexibility index (Phi) is 2.11. The molecule has 3 aliphatic rings. The molecule has 0 radical (unpaired) electrons. The number of amides is 1. The van der Waals surface area contributed by atoms with Gasteiger partial charge in [0.05, 0.1) is 0 Å². The number of nitrogens with zero attached hydrogens (tertiary/aromatic N) is 1. The van der Waals surface area contributed by atoms with E-state index >= 15 is 0 Å². The summed E-state index contributed by atoms with van der Waals surface area (Å²) in [6, 6.07) is 0. The zero-order valence-electron chi connectivity index (χ0n) is 10.2. The standard InChI is InChI=1S/C12H21N3O/c1-9(2)5-15-11(6-13-7-11)3-4-12(15)8-14-10(12)16/h9,13H,3-8H2,1-2H3,(H,14,16). The molecule has 3 rings (SSSR count). The van der Waals surface area contributed by atoms with E-state index in [2.05, 4.69) is 29.4 Å². The monoisotopic (exact) mass is 223 g/mol. The van der Waals surface area contributed by atoms with E-state index in [9.17, 15) is 4.79 Å². The van der Waals surface area contributed by atoms with E-state index in [-0.39, 0.29) is 11.4 Å². The molecule has 0 aromatic carbocycles. The van der Waals surface area contributed by atoms with Crippen LogP contribution in [-0.4, -0.2) is 48.1 Å². The van der Waals surface area contributed by atoms with E-state index in [4.69, 9.17) is 0 Å². The Bertz CT molecular complexity index is 324. The number of carbonyl (C=O) groups excluding carboxylic acids is 1. The van der Waals surface area contributed by atoms with Gasteiger partial charge in [0.1, 0.15) is 5.54 Å². The molecule has 1 amide bonds. The van der Waals surface area contributed by atoms with Gasteiger partial charge in [-0.25, -0.2) is 0 Å². The van der Waals surface area contributed by atoms with Crippen LogP contribution < -0.4 is 10.6 Å². The summed E-state index contributed by atoms with van der Waals surface area (Å²) in [4.78, 5) is 14.4. The maximum atomic E-state index is 11.9. The Labute approximate surface area is 96.8 Å². The quantitative estimate of drug-likeness (QED) is 0.645. The van der Waals surface area contributed by atoms with E-state index < -0.39 is 0 Å². The van der Waals surface area contributed by atoms with Crippen LogP contribution in [0.2, 0.25) is 0 Å². The van der Waals surface area contributed by atoms with Crippen molar-refractivity contribution < 1.29 is 4.79 Å². The Morgan fingerprint density at radius 3 is 2.44 bits per heavy atom.